The first-order chi connectivity index (χ1) is 13.7. The summed E-state index contributed by atoms with van der Waals surface area (Å²) in [5, 5.41) is 11.3. The lowest BCUT2D eigenvalue weighted by atomic mass is 9.48. The van der Waals surface area contributed by atoms with E-state index in [4.69, 9.17) is 13.3 Å². The summed E-state index contributed by atoms with van der Waals surface area (Å²) in [6.07, 6.45) is 2.78. The lowest BCUT2D eigenvalue weighted by molar-refractivity contribution is -0.116. The normalized spacial score (nSPS) is 58.6. The molecule has 4 rings (SSSR count). The quantitative estimate of drug-likeness (QED) is 0.582. The van der Waals surface area contributed by atoms with Crippen molar-refractivity contribution >= 4 is 5.78 Å². The van der Waals surface area contributed by atoms with Gasteiger partial charge in [0.25, 0.3) is 0 Å². The molecule has 3 unspecified atom stereocenters. The largest absolute Gasteiger partial charge is 0.377 e. The summed E-state index contributed by atoms with van der Waals surface area (Å²) in [6, 6.07) is -0.698. The van der Waals surface area contributed by atoms with Crippen molar-refractivity contribution in [2.45, 2.75) is 63.8 Å². The molecule has 0 aromatic rings. The third kappa shape index (κ3) is 1.91. The second kappa shape index (κ2) is 5.33. The molecular formula is C22H28O2. The van der Waals surface area contributed by atoms with E-state index in [1.807, 2.05) is 6.92 Å². The van der Waals surface area contributed by atoms with Crippen molar-refractivity contribution in [3.05, 3.63) is 23.8 Å². The van der Waals surface area contributed by atoms with Gasteiger partial charge in [0.05, 0.1) is 1.37 Å². The number of aliphatic hydroxyl groups is 1. The van der Waals surface area contributed by atoms with E-state index in [1.54, 1.807) is 0 Å². The summed E-state index contributed by atoms with van der Waals surface area (Å²) in [5.41, 5.74) is -1.53. The van der Waals surface area contributed by atoms with Crippen LogP contribution in [0.25, 0.3) is 0 Å². The Bertz CT molecular complexity index is 917. The van der Waals surface area contributed by atoms with Crippen LogP contribution in [0.1, 0.15) is 66.4 Å². The van der Waals surface area contributed by atoms with Gasteiger partial charge in [-0.3, -0.25) is 4.79 Å². The van der Waals surface area contributed by atoms with E-state index in [0.717, 1.165) is 0 Å². The van der Waals surface area contributed by atoms with E-state index in [0.29, 0.717) is 31.3 Å². The molecule has 0 spiro atoms. The summed E-state index contributed by atoms with van der Waals surface area (Å²) >= 11 is 0. The van der Waals surface area contributed by atoms with Crippen LogP contribution in [0.2, 0.25) is 0 Å². The van der Waals surface area contributed by atoms with Gasteiger partial charge >= 0.3 is 0 Å². The molecular weight excluding hydrogens is 296 g/mol. The Labute approximate surface area is 153 Å². The summed E-state index contributed by atoms with van der Waals surface area (Å²) < 4.78 is 51.3. The molecule has 0 radical (unpaired) electrons. The maximum absolute atomic E-state index is 12.4. The van der Waals surface area contributed by atoms with Crippen LogP contribution in [0.4, 0.5) is 0 Å². The van der Waals surface area contributed by atoms with Crippen LogP contribution >= 0.6 is 0 Å². The third-order valence-corrected chi connectivity index (χ3v) is 7.04. The fourth-order valence-electron chi connectivity index (χ4n) is 5.95. The SMILES string of the molecule is [2H]C1=C2C([2H])([2H])CC3C4CC[C@@](O)(C#C)[C@@]4(CC)CC(=C)C3[C@@]2([2H])CC([2H])([2H])C1=O. The number of ketones is 1. The Balaban J connectivity index is 1.92. The molecule has 4 aliphatic carbocycles. The van der Waals surface area contributed by atoms with Crippen LogP contribution in [-0.2, 0) is 4.79 Å². The fraction of sp³-hybridized carbons (Fsp3) is 0.682. The fourth-order valence-corrected chi connectivity index (χ4v) is 5.95. The first-order valence-corrected chi connectivity index (χ1v) is 8.85. The van der Waals surface area contributed by atoms with Gasteiger partial charge in [-0.25, -0.2) is 0 Å². The molecule has 6 atom stereocenters. The van der Waals surface area contributed by atoms with E-state index in [2.05, 4.69) is 12.5 Å². The molecule has 0 amide bonds. The molecule has 0 aliphatic heterocycles. The Morgan fingerprint density at radius 3 is 3.04 bits per heavy atom. The molecule has 0 aromatic heterocycles. The standard InChI is InChI=1S/C22H28O2/c1-4-21-13-14(3)20-17-9-7-16(23)12-15(17)6-8-18(20)19(21)10-11-22(21,24)5-2/h2,12,17-20,24H,3-4,6-11,13H2,1H3/t17-,18?,19?,20?,21-,22-/m0/s1/i6D2,7D2,12D,17D. The molecule has 2 nitrogen and oxygen atoms in total. The van der Waals surface area contributed by atoms with Crippen molar-refractivity contribution in [2.24, 2.45) is 29.1 Å². The van der Waals surface area contributed by atoms with Gasteiger partial charge in [0, 0.05) is 18.6 Å². The molecule has 0 heterocycles. The number of carbonyl (C=O) groups excluding carboxylic acids is 1. The van der Waals surface area contributed by atoms with Gasteiger partial charge in [-0.2, -0.15) is 0 Å². The average Bonchev–Trinajstić information content (AvgIpc) is 2.92. The van der Waals surface area contributed by atoms with Crippen molar-refractivity contribution in [1.29, 1.82) is 0 Å². The van der Waals surface area contributed by atoms with Gasteiger partial charge in [-0.05, 0) is 74.6 Å². The Hall–Kier alpha value is -1.33. The maximum atomic E-state index is 12.4. The van der Waals surface area contributed by atoms with Crippen LogP contribution in [0.3, 0.4) is 0 Å². The maximum Gasteiger partial charge on any atom is 0.155 e. The van der Waals surface area contributed by atoms with Crippen LogP contribution in [0.15, 0.2) is 23.8 Å². The summed E-state index contributed by atoms with van der Waals surface area (Å²) in [7, 11) is 0. The minimum Gasteiger partial charge on any atom is -0.377 e. The number of hydrogen-bond donors (Lipinski definition) is 1. The van der Waals surface area contributed by atoms with Crippen LogP contribution in [-0.4, -0.2) is 16.5 Å². The Morgan fingerprint density at radius 1 is 1.54 bits per heavy atom. The van der Waals surface area contributed by atoms with Crippen molar-refractivity contribution in [3.63, 3.8) is 0 Å². The van der Waals surface area contributed by atoms with Gasteiger partial charge in [0.1, 0.15) is 5.60 Å². The zero-order valence-electron chi connectivity index (χ0n) is 20.1. The zero-order valence-corrected chi connectivity index (χ0v) is 14.1. The number of fused-ring (bicyclic) bond motifs is 5. The number of allylic oxidation sites excluding steroid dienone is 2. The van der Waals surface area contributed by atoms with Crippen LogP contribution in [0, 0.1) is 41.4 Å². The van der Waals surface area contributed by atoms with E-state index in [9.17, 15) is 11.3 Å². The minimum absolute atomic E-state index is 0.0123. The highest BCUT2D eigenvalue weighted by Crippen LogP contribution is 2.67. The molecule has 24 heavy (non-hydrogen) atoms. The highest BCUT2D eigenvalue weighted by molar-refractivity contribution is 5.91. The zero-order chi connectivity index (χ0) is 22.5. The van der Waals surface area contributed by atoms with Gasteiger partial charge in [0.2, 0.25) is 0 Å². The van der Waals surface area contributed by atoms with Crippen molar-refractivity contribution in [1.82, 2.24) is 0 Å². The number of carbonyl (C=O) groups is 1. The van der Waals surface area contributed by atoms with Crippen molar-refractivity contribution in [2.75, 3.05) is 0 Å². The highest BCUT2D eigenvalue weighted by atomic mass is 16.3. The average molecular weight is 331 g/mol. The second-order valence-corrected chi connectivity index (χ2v) is 7.72. The molecule has 1 N–H and O–H groups in total. The lowest BCUT2D eigenvalue weighted by Gasteiger charge is -2.56. The molecule has 128 valence electrons. The molecule has 4 aliphatic rings. The van der Waals surface area contributed by atoms with Gasteiger partial charge < -0.3 is 5.11 Å². The summed E-state index contributed by atoms with van der Waals surface area (Å²) in [5.74, 6) is -1.28. The predicted molar refractivity (Wildman–Crippen MR) is 95.0 cm³/mol. The molecule has 0 bridgehead atoms. The lowest BCUT2D eigenvalue weighted by Crippen LogP contribution is -2.54. The van der Waals surface area contributed by atoms with Crippen LogP contribution in [0.5, 0.6) is 0 Å². The van der Waals surface area contributed by atoms with Gasteiger partial charge in [-0.15, -0.1) is 6.42 Å². The van der Waals surface area contributed by atoms with E-state index < -0.39 is 53.8 Å². The van der Waals surface area contributed by atoms with Crippen LogP contribution < -0.4 is 0 Å². The number of hydrogen-bond acceptors (Lipinski definition) is 2. The predicted octanol–water partition coefficient (Wildman–Crippen LogP) is 4.05. The summed E-state index contributed by atoms with van der Waals surface area (Å²) in [4.78, 5) is 12.4. The molecule has 3 saturated carbocycles. The molecule has 3 fully saturated rings. The number of terminal acetylenes is 1. The minimum atomic E-state index is -2.39. The van der Waals surface area contributed by atoms with Crippen molar-refractivity contribution in [3.8, 4) is 12.3 Å². The highest BCUT2D eigenvalue weighted by Gasteiger charge is 2.64. The second-order valence-electron chi connectivity index (χ2n) is 7.72. The van der Waals surface area contributed by atoms with E-state index in [1.165, 1.54) is 0 Å². The third-order valence-electron chi connectivity index (χ3n) is 7.04. The smallest absolute Gasteiger partial charge is 0.155 e. The van der Waals surface area contributed by atoms with E-state index >= 15 is 0 Å². The molecule has 0 aromatic carbocycles. The number of rotatable bonds is 1. The first-order valence-electron chi connectivity index (χ1n) is 11.9. The van der Waals surface area contributed by atoms with E-state index in [-0.39, 0.29) is 23.8 Å². The van der Waals surface area contributed by atoms with Gasteiger partial charge in [-0.1, -0.05) is 30.6 Å². The molecule has 0 saturated heterocycles. The Kier molecular flexibility index (Phi) is 2.36. The first kappa shape index (κ1) is 10.6. The monoisotopic (exact) mass is 330 g/mol. The summed E-state index contributed by atoms with van der Waals surface area (Å²) in [6.45, 7) is 6.18. The Morgan fingerprint density at radius 2 is 2.33 bits per heavy atom. The van der Waals surface area contributed by atoms with Gasteiger partial charge in [0.15, 0.2) is 5.78 Å². The molecule has 2 heteroatoms. The van der Waals surface area contributed by atoms with Crippen molar-refractivity contribution < 1.29 is 18.1 Å². The topological polar surface area (TPSA) is 37.3 Å².